The van der Waals surface area contributed by atoms with E-state index in [1.165, 1.54) is 0 Å². The maximum absolute atomic E-state index is 13.8. The van der Waals surface area contributed by atoms with Crippen molar-refractivity contribution in [1.29, 1.82) is 5.26 Å². The molecule has 0 saturated heterocycles. The lowest BCUT2D eigenvalue weighted by Gasteiger charge is -2.24. The second kappa shape index (κ2) is 9.03. The van der Waals surface area contributed by atoms with Crippen LogP contribution >= 0.6 is 27.5 Å². The number of nitriles is 1. The van der Waals surface area contributed by atoms with Gasteiger partial charge in [-0.2, -0.15) is 44.8 Å². The summed E-state index contributed by atoms with van der Waals surface area (Å²) in [6.07, 6.45) is -17.4. The molecular formula is C16H3BrClF9N4O4. The smallest absolute Gasteiger partial charge is 0.348 e. The average Bonchev–Trinajstić information content (AvgIpc) is 2.64. The van der Waals surface area contributed by atoms with E-state index in [0.717, 1.165) is 11.4 Å². The number of nitrogens with zero attached hydrogens (tertiary/aromatic N) is 3. The van der Waals surface area contributed by atoms with Crippen molar-refractivity contribution in [3.05, 3.63) is 64.1 Å². The minimum Gasteiger partial charge on any atom is -0.348 e. The van der Waals surface area contributed by atoms with E-state index >= 15 is 0 Å². The predicted molar refractivity (Wildman–Crippen MR) is 102 cm³/mol. The molecule has 0 aliphatic rings. The van der Waals surface area contributed by atoms with E-state index in [1.807, 2.05) is 0 Å². The van der Waals surface area contributed by atoms with E-state index in [1.54, 1.807) is 0 Å². The van der Waals surface area contributed by atoms with Crippen molar-refractivity contribution >= 4 is 50.3 Å². The zero-order valence-electron chi connectivity index (χ0n) is 15.8. The molecule has 0 spiro atoms. The average molecular weight is 602 g/mol. The number of alkyl halides is 9. The molecule has 0 heterocycles. The number of halogens is 11. The van der Waals surface area contributed by atoms with Gasteiger partial charge in [-0.25, -0.2) is 0 Å². The Morgan fingerprint density at radius 1 is 0.886 bits per heavy atom. The van der Waals surface area contributed by atoms with Crippen LogP contribution in [0.2, 0.25) is 5.02 Å². The number of rotatable bonds is 4. The normalized spacial score (nSPS) is 12.3. The summed E-state index contributed by atoms with van der Waals surface area (Å²) in [6, 6.07) is 0.573. The highest BCUT2D eigenvalue weighted by Crippen LogP contribution is 2.53. The van der Waals surface area contributed by atoms with Crippen molar-refractivity contribution in [1.82, 2.24) is 0 Å². The number of nitro groups is 2. The van der Waals surface area contributed by atoms with Crippen LogP contribution in [-0.2, 0) is 18.5 Å². The number of hydrogen-bond donors (Lipinski definition) is 1. The first-order valence-corrected chi connectivity index (χ1v) is 9.31. The van der Waals surface area contributed by atoms with Crippen molar-refractivity contribution in [3.8, 4) is 6.07 Å². The Morgan fingerprint density at radius 3 is 1.77 bits per heavy atom. The number of non-ortho nitro benzene ring substituents is 1. The van der Waals surface area contributed by atoms with Crippen LogP contribution in [0.4, 0.5) is 62.3 Å². The molecule has 0 fully saturated rings. The van der Waals surface area contributed by atoms with Crippen LogP contribution in [-0.4, -0.2) is 9.85 Å². The predicted octanol–water partition coefficient (Wildman–Crippen LogP) is 7.59. The Balaban J connectivity index is 3.17. The third-order valence-electron chi connectivity index (χ3n) is 4.12. The molecule has 35 heavy (non-hydrogen) atoms. The molecule has 2 rings (SSSR count). The second-order valence-electron chi connectivity index (χ2n) is 6.26. The Bertz CT molecular complexity index is 1250. The molecule has 8 nitrogen and oxygen atoms in total. The maximum atomic E-state index is 13.8. The van der Waals surface area contributed by atoms with E-state index < -0.39 is 82.9 Å². The molecule has 1 N–H and O–H groups in total. The summed E-state index contributed by atoms with van der Waals surface area (Å²) < 4.78 is 122. The van der Waals surface area contributed by atoms with Gasteiger partial charge in [0, 0.05) is 6.07 Å². The van der Waals surface area contributed by atoms with Gasteiger partial charge in [0.1, 0.15) is 11.8 Å². The Labute approximate surface area is 199 Å². The molecule has 188 valence electrons. The molecule has 2 aromatic carbocycles. The van der Waals surface area contributed by atoms with Gasteiger partial charge in [-0.15, -0.1) is 0 Å². The van der Waals surface area contributed by atoms with Gasteiger partial charge >= 0.3 is 18.5 Å². The zero-order chi connectivity index (χ0) is 27.3. The second-order valence-corrected chi connectivity index (χ2v) is 7.43. The number of anilines is 2. The molecule has 0 aliphatic heterocycles. The third kappa shape index (κ3) is 5.35. The molecule has 0 aromatic heterocycles. The van der Waals surface area contributed by atoms with Crippen LogP contribution in [0.1, 0.15) is 22.3 Å². The number of nitro benzene ring substituents is 2. The van der Waals surface area contributed by atoms with Gasteiger partial charge in [-0.05, 0) is 15.9 Å². The number of benzene rings is 2. The summed E-state index contributed by atoms with van der Waals surface area (Å²) in [6.45, 7) is 0. The van der Waals surface area contributed by atoms with Crippen LogP contribution in [0.15, 0.2) is 16.6 Å². The monoisotopic (exact) mass is 600 g/mol. The number of nitrogens with one attached hydrogen (secondary N) is 1. The largest absolute Gasteiger partial charge is 0.419 e. The van der Waals surface area contributed by atoms with E-state index in [-0.39, 0.29) is 12.1 Å². The first-order valence-electron chi connectivity index (χ1n) is 8.13. The highest BCUT2D eigenvalue weighted by molar-refractivity contribution is 9.10. The maximum Gasteiger partial charge on any atom is 0.419 e. The van der Waals surface area contributed by atoms with Crippen molar-refractivity contribution in [2.75, 3.05) is 5.32 Å². The van der Waals surface area contributed by atoms with Gasteiger partial charge in [-0.3, -0.25) is 20.2 Å². The summed E-state index contributed by atoms with van der Waals surface area (Å²) in [7, 11) is 0. The third-order valence-corrected chi connectivity index (χ3v) is 5.29. The number of hydrogen-bond acceptors (Lipinski definition) is 6. The lowest BCUT2D eigenvalue weighted by molar-refractivity contribution is -0.394. The summed E-state index contributed by atoms with van der Waals surface area (Å²) in [5.74, 6) is 0. The van der Waals surface area contributed by atoms with Crippen LogP contribution < -0.4 is 5.32 Å². The van der Waals surface area contributed by atoms with E-state index in [9.17, 15) is 59.7 Å². The first kappa shape index (κ1) is 27.9. The fraction of sp³-hybridized carbons (Fsp3) is 0.188. The van der Waals surface area contributed by atoms with Crippen molar-refractivity contribution in [2.45, 2.75) is 18.5 Å². The van der Waals surface area contributed by atoms with Gasteiger partial charge < -0.3 is 5.32 Å². The molecule has 0 aliphatic carbocycles. The van der Waals surface area contributed by atoms with Crippen molar-refractivity contribution < 1.29 is 49.4 Å². The van der Waals surface area contributed by atoms with Gasteiger partial charge in [0.15, 0.2) is 0 Å². The molecule has 0 radical (unpaired) electrons. The quantitative estimate of drug-likeness (QED) is 0.219. The molecule has 0 amide bonds. The molecule has 0 unspecified atom stereocenters. The lowest BCUT2D eigenvalue weighted by Crippen LogP contribution is -2.20. The van der Waals surface area contributed by atoms with Crippen LogP contribution in [0.25, 0.3) is 0 Å². The van der Waals surface area contributed by atoms with E-state index in [4.69, 9.17) is 16.9 Å². The SMILES string of the molecule is N#Cc1c(Cl)c(C(F)(F)F)c(Nc2c([N+](=O)[O-])cc([N+](=O)[O-])cc2C(F)(F)F)c(C(F)(F)F)c1Br. The first-order chi connectivity index (χ1) is 15.7. The molecule has 0 bridgehead atoms. The Hall–Kier alpha value is -3.33. The molecule has 2 aromatic rings. The Kier molecular flexibility index (Phi) is 7.20. The summed E-state index contributed by atoms with van der Waals surface area (Å²) in [5, 5.41) is 30.7. The van der Waals surface area contributed by atoms with Crippen molar-refractivity contribution in [2.24, 2.45) is 0 Å². The zero-order valence-corrected chi connectivity index (χ0v) is 18.1. The van der Waals surface area contributed by atoms with Crippen LogP contribution in [0.3, 0.4) is 0 Å². The Morgan fingerprint density at radius 2 is 1.40 bits per heavy atom. The minimum absolute atomic E-state index is 0.0988. The lowest BCUT2D eigenvalue weighted by atomic mass is 10.00. The highest BCUT2D eigenvalue weighted by atomic mass is 79.9. The van der Waals surface area contributed by atoms with Gasteiger partial charge in [0.2, 0.25) is 0 Å². The van der Waals surface area contributed by atoms with Gasteiger partial charge in [-0.1, -0.05) is 11.6 Å². The standard InChI is InChI=1S/C16H3BrClF9N4O4/c17-10-5(3-28)11(18)9(16(25,26)27)13(8(10)15(22,23)24)29-12-6(14(19,20)21)1-4(30(32)33)2-7(12)31(34)35/h1-2,29H. The van der Waals surface area contributed by atoms with E-state index in [2.05, 4.69) is 15.9 Å². The van der Waals surface area contributed by atoms with Gasteiger partial charge in [0.25, 0.3) is 11.4 Å². The highest BCUT2D eigenvalue weighted by Gasteiger charge is 2.48. The summed E-state index contributed by atoms with van der Waals surface area (Å²) in [4.78, 5) is 19.0. The fourth-order valence-corrected chi connectivity index (χ4v) is 3.95. The van der Waals surface area contributed by atoms with Crippen molar-refractivity contribution in [3.63, 3.8) is 0 Å². The van der Waals surface area contributed by atoms with Crippen LogP contribution in [0.5, 0.6) is 0 Å². The summed E-state index contributed by atoms with van der Waals surface area (Å²) in [5.41, 5.74) is -16.1. The van der Waals surface area contributed by atoms with Gasteiger partial charge in [0.05, 0.1) is 53.3 Å². The summed E-state index contributed by atoms with van der Waals surface area (Å²) >= 11 is 7.72. The molecular weight excluding hydrogens is 599 g/mol. The fourth-order valence-electron chi connectivity index (χ4n) is 2.79. The topological polar surface area (TPSA) is 122 Å². The van der Waals surface area contributed by atoms with Crippen LogP contribution in [0, 0.1) is 31.6 Å². The minimum atomic E-state index is -5.83. The van der Waals surface area contributed by atoms with E-state index in [0.29, 0.717) is 0 Å². The molecule has 0 saturated carbocycles. The molecule has 19 heteroatoms. The molecule has 0 atom stereocenters.